The van der Waals surface area contributed by atoms with Crippen molar-refractivity contribution in [3.8, 4) is 0 Å². The van der Waals surface area contributed by atoms with E-state index in [4.69, 9.17) is 9.47 Å². The molecule has 22 heavy (non-hydrogen) atoms. The summed E-state index contributed by atoms with van der Waals surface area (Å²) in [6, 6.07) is 3.04. The smallest absolute Gasteiger partial charge is 0.255 e. The molecule has 0 N–H and O–H groups in total. The Hall–Kier alpha value is -1.66. The fourth-order valence-corrected chi connectivity index (χ4v) is 2.60. The van der Waals surface area contributed by atoms with Crippen molar-refractivity contribution in [2.75, 3.05) is 40.0 Å². The average molecular weight is 308 g/mol. The minimum atomic E-state index is -0.124. The van der Waals surface area contributed by atoms with Crippen LogP contribution in [0.25, 0.3) is 0 Å². The molecule has 122 valence electrons. The highest BCUT2D eigenvalue weighted by atomic mass is 16.5. The zero-order valence-electron chi connectivity index (χ0n) is 13.3. The quantitative estimate of drug-likeness (QED) is 0.754. The van der Waals surface area contributed by atoms with Crippen molar-refractivity contribution in [2.45, 2.75) is 19.9 Å². The molecule has 0 radical (unpaired) electrons. The Balaban J connectivity index is 2.10. The molecule has 1 saturated heterocycles. The molecule has 2 heterocycles. The zero-order chi connectivity index (χ0) is 15.9. The first kappa shape index (κ1) is 16.7. The third kappa shape index (κ3) is 4.18. The standard InChI is InChI=1S/C16H24N2O4/c1-3-17(10-13-6-8-22-12-13)16(20)14-4-5-15(19)18(11-14)7-9-21-2/h4-5,11,13H,3,6-10,12H2,1-2H3. The van der Waals surface area contributed by atoms with Crippen LogP contribution in [0.15, 0.2) is 23.1 Å². The van der Waals surface area contributed by atoms with Crippen LogP contribution in [0.2, 0.25) is 0 Å². The van der Waals surface area contributed by atoms with Gasteiger partial charge in [0.1, 0.15) is 0 Å². The van der Waals surface area contributed by atoms with E-state index in [-0.39, 0.29) is 11.5 Å². The van der Waals surface area contributed by atoms with E-state index in [1.54, 1.807) is 19.4 Å². The second-order valence-corrected chi connectivity index (χ2v) is 5.52. The van der Waals surface area contributed by atoms with Gasteiger partial charge in [0.15, 0.2) is 0 Å². The van der Waals surface area contributed by atoms with E-state index in [0.29, 0.717) is 37.7 Å². The van der Waals surface area contributed by atoms with Gasteiger partial charge in [-0.2, -0.15) is 0 Å². The highest BCUT2D eigenvalue weighted by Gasteiger charge is 2.22. The molecule has 1 aliphatic rings. The zero-order valence-corrected chi connectivity index (χ0v) is 13.3. The summed E-state index contributed by atoms with van der Waals surface area (Å²) in [5, 5.41) is 0. The van der Waals surface area contributed by atoms with Crippen LogP contribution in [-0.2, 0) is 16.0 Å². The van der Waals surface area contributed by atoms with E-state index in [1.165, 1.54) is 10.6 Å². The van der Waals surface area contributed by atoms with Gasteiger partial charge in [-0.25, -0.2) is 0 Å². The van der Waals surface area contributed by atoms with Gasteiger partial charge in [-0.3, -0.25) is 9.59 Å². The van der Waals surface area contributed by atoms with Crippen LogP contribution in [0.5, 0.6) is 0 Å². The summed E-state index contributed by atoms with van der Waals surface area (Å²) in [5.41, 5.74) is 0.414. The van der Waals surface area contributed by atoms with Gasteiger partial charge in [-0.15, -0.1) is 0 Å². The molecule has 1 aromatic rings. The number of carbonyl (C=O) groups excluding carboxylic acids is 1. The summed E-state index contributed by atoms with van der Waals surface area (Å²) in [7, 11) is 1.59. The molecule has 1 aromatic heterocycles. The van der Waals surface area contributed by atoms with Gasteiger partial charge in [0.05, 0.1) is 18.8 Å². The first-order valence-electron chi connectivity index (χ1n) is 7.72. The first-order valence-corrected chi connectivity index (χ1v) is 7.72. The molecule has 1 fully saturated rings. The molecule has 0 spiro atoms. The van der Waals surface area contributed by atoms with Gasteiger partial charge in [0, 0.05) is 51.5 Å². The number of carbonyl (C=O) groups is 1. The van der Waals surface area contributed by atoms with E-state index in [1.807, 2.05) is 11.8 Å². The van der Waals surface area contributed by atoms with Crippen LogP contribution in [0.1, 0.15) is 23.7 Å². The fraction of sp³-hybridized carbons (Fsp3) is 0.625. The third-order valence-electron chi connectivity index (χ3n) is 3.94. The van der Waals surface area contributed by atoms with Crippen molar-refractivity contribution in [1.82, 2.24) is 9.47 Å². The van der Waals surface area contributed by atoms with Crippen molar-refractivity contribution in [2.24, 2.45) is 5.92 Å². The highest BCUT2D eigenvalue weighted by molar-refractivity contribution is 5.93. The maximum atomic E-state index is 12.6. The van der Waals surface area contributed by atoms with E-state index in [2.05, 4.69) is 0 Å². The number of ether oxygens (including phenoxy) is 2. The minimum absolute atomic E-state index is 0.0411. The van der Waals surface area contributed by atoms with E-state index in [9.17, 15) is 9.59 Å². The number of hydrogen-bond donors (Lipinski definition) is 0. The molecule has 1 aliphatic heterocycles. The van der Waals surface area contributed by atoms with Gasteiger partial charge in [0.2, 0.25) is 0 Å². The Kier molecular flexibility index (Phi) is 6.15. The molecule has 6 nitrogen and oxygen atoms in total. The van der Waals surface area contributed by atoms with Crippen molar-refractivity contribution in [1.29, 1.82) is 0 Å². The maximum absolute atomic E-state index is 12.6. The molecular formula is C16H24N2O4. The number of hydrogen-bond acceptors (Lipinski definition) is 4. The lowest BCUT2D eigenvalue weighted by molar-refractivity contribution is 0.0729. The van der Waals surface area contributed by atoms with E-state index >= 15 is 0 Å². The largest absolute Gasteiger partial charge is 0.383 e. The lowest BCUT2D eigenvalue weighted by Crippen LogP contribution is -2.36. The molecular weight excluding hydrogens is 284 g/mol. The summed E-state index contributed by atoms with van der Waals surface area (Å²) in [6.45, 7) is 5.69. The van der Waals surface area contributed by atoms with Crippen molar-refractivity contribution >= 4 is 5.91 Å². The van der Waals surface area contributed by atoms with Crippen LogP contribution in [-0.4, -0.2) is 55.4 Å². The summed E-state index contributed by atoms with van der Waals surface area (Å²) in [5.74, 6) is 0.365. The van der Waals surface area contributed by atoms with Crippen LogP contribution in [0.4, 0.5) is 0 Å². The van der Waals surface area contributed by atoms with Gasteiger partial charge in [-0.05, 0) is 19.4 Å². The molecule has 1 amide bonds. The minimum Gasteiger partial charge on any atom is -0.383 e. The average Bonchev–Trinajstić information content (AvgIpc) is 3.04. The van der Waals surface area contributed by atoms with Crippen LogP contribution in [0.3, 0.4) is 0 Å². The summed E-state index contributed by atoms with van der Waals surface area (Å²) >= 11 is 0. The fourth-order valence-electron chi connectivity index (χ4n) is 2.60. The monoisotopic (exact) mass is 308 g/mol. The Bertz CT molecular complexity index is 549. The number of aromatic nitrogens is 1. The first-order chi connectivity index (χ1) is 10.7. The highest BCUT2D eigenvalue weighted by Crippen LogP contribution is 2.15. The van der Waals surface area contributed by atoms with Crippen molar-refractivity contribution in [3.05, 3.63) is 34.2 Å². The molecule has 6 heteroatoms. The molecule has 1 unspecified atom stereocenters. The summed E-state index contributed by atoms with van der Waals surface area (Å²) in [6.07, 6.45) is 2.62. The van der Waals surface area contributed by atoms with Crippen LogP contribution < -0.4 is 5.56 Å². The second-order valence-electron chi connectivity index (χ2n) is 5.52. The summed E-state index contributed by atoms with van der Waals surface area (Å²) in [4.78, 5) is 26.2. The molecule has 0 aliphatic carbocycles. The van der Waals surface area contributed by atoms with Gasteiger partial charge in [0.25, 0.3) is 11.5 Å². The van der Waals surface area contributed by atoms with E-state index in [0.717, 1.165) is 19.6 Å². The predicted molar refractivity (Wildman–Crippen MR) is 83.1 cm³/mol. The van der Waals surface area contributed by atoms with Crippen molar-refractivity contribution in [3.63, 3.8) is 0 Å². The summed E-state index contributed by atoms with van der Waals surface area (Å²) < 4.78 is 11.9. The maximum Gasteiger partial charge on any atom is 0.255 e. The SMILES string of the molecule is CCN(CC1CCOC1)C(=O)c1ccc(=O)n(CCOC)c1. The van der Waals surface area contributed by atoms with Crippen LogP contribution >= 0.6 is 0 Å². The Labute approximate surface area is 130 Å². The lowest BCUT2D eigenvalue weighted by Gasteiger charge is -2.24. The number of methoxy groups -OCH3 is 1. The Morgan fingerprint density at radius 2 is 2.32 bits per heavy atom. The van der Waals surface area contributed by atoms with E-state index < -0.39 is 0 Å². The van der Waals surface area contributed by atoms with Gasteiger partial charge < -0.3 is 18.9 Å². The molecule has 0 bridgehead atoms. The normalized spacial score (nSPS) is 17.6. The van der Waals surface area contributed by atoms with Gasteiger partial charge >= 0.3 is 0 Å². The number of rotatable bonds is 7. The molecule has 2 rings (SSSR count). The van der Waals surface area contributed by atoms with Crippen molar-refractivity contribution < 1.29 is 14.3 Å². The number of amides is 1. The lowest BCUT2D eigenvalue weighted by atomic mass is 10.1. The second kappa shape index (κ2) is 8.10. The molecule has 1 atom stereocenters. The number of pyridine rings is 1. The Morgan fingerprint density at radius 3 is 2.95 bits per heavy atom. The van der Waals surface area contributed by atoms with Crippen LogP contribution in [0, 0.1) is 5.92 Å². The number of nitrogens with zero attached hydrogens (tertiary/aromatic N) is 2. The third-order valence-corrected chi connectivity index (χ3v) is 3.94. The van der Waals surface area contributed by atoms with Gasteiger partial charge in [-0.1, -0.05) is 0 Å². The topological polar surface area (TPSA) is 60.8 Å². The molecule has 0 aromatic carbocycles. The Morgan fingerprint density at radius 1 is 1.50 bits per heavy atom. The predicted octanol–water partition coefficient (Wildman–Crippen LogP) is 0.993. The molecule has 0 saturated carbocycles.